The summed E-state index contributed by atoms with van der Waals surface area (Å²) in [5, 5.41) is 9.95. The van der Waals surface area contributed by atoms with Crippen LogP contribution in [0.2, 0.25) is 0 Å². The average Bonchev–Trinajstić information content (AvgIpc) is 2.14. The number of nitrogens with one attached hydrogen (secondary N) is 1. The van der Waals surface area contributed by atoms with E-state index in [1.54, 1.807) is 0 Å². The number of carbonyl (C=O) groups is 2. The molecule has 9 heteroatoms. The molecule has 1 amide bonds. The van der Waals surface area contributed by atoms with E-state index in [9.17, 15) is 22.8 Å². The molecule has 0 saturated carbocycles. The number of aliphatic hydroxyl groups is 1. The fraction of sp³-hybridized carbons (Fsp3) is 0.667. The first-order chi connectivity index (χ1) is 6.69. The summed E-state index contributed by atoms with van der Waals surface area (Å²) < 4.78 is 40.4. The van der Waals surface area contributed by atoms with Crippen LogP contribution in [0.5, 0.6) is 0 Å². The quantitative estimate of drug-likeness (QED) is 0.411. The first-order valence-corrected chi connectivity index (χ1v) is 3.97. The summed E-state index contributed by atoms with van der Waals surface area (Å²) in [5.74, 6) is -4.24. The van der Waals surface area contributed by atoms with Crippen LogP contribution < -0.4 is 5.32 Å². The Kier molecular flexibility index (Phi) is 4.35. The van der Waals surface area contributed by atoms with Crippen LogP contribution in [0, 0.1) is 0 Å². The Labute approximate surface area is 87.1 Å². The van der Waals surface area contributed by atoms with E-state index >= 15 is 0 Å². The van der Waals surface area contributed by atoms with E-state index in [2.05, 4.69) is 4.74 Å². The van der Waals surface area contributed by atoms with Crippen molar-refractivity contribution < 1.29 is 32.6 Å². The molecule has 2 N–H and O–H groups in total. The molecule has 5 nitrogen and oxygen atoms in total. The third-order valence-corrected chi connectivity index (χ3v) is 1.58. The standard InChI is InChI=1S/C6H7ClF3NO4/c1-15-4(13)5(14,6(8,9)10)11-3(12)2-7/h14H,2H2,1H3,(H,11,12)/t5-/m1/s1. The summed E-state index contributed by atoms with van der Waals surface area (Å²) in [7, 11) is 0.631. The minimum Gasteiger partial charge on any atom is -0.465 e. The summed E-state index contributed by atoms with van der Waals surface area (Å²) in [6, 6.07) is 0. The van der Waals surface area contributed by atoms with Crippen LogP contribution in [-0.4, -0.2) is 41.9 Å². The van der Waals surface area contributed by atoms with E-state index in [-0.39, 0.29) is 0 Å². The average molecular weight is 250 g/mol. The van der Waals surface area contributed by atoms with E-state index in [4.69, 9.17) is 16.7 Å². The van der Waals surface area contributed by atoms with Crippen molar-refractivity contribution in [3.05, 3.63) is 0 Å². The molecular weight excluding hydrogens is 243 g/mol. The van der Waals surface area contributed by atoms with Gasteiger partial charge in [0, 0.05) is 0 Å². The van der Waals surface area contributed by atoms with Gasteiger partial charge in [-0.1, -0.05) is 0 Å². The van der Waals surface area contributed by atoms with Gasteiger partial charge in [-0.2, -0.15) is 13.2 Å². The van der Waals surface area contributed by atoms with Gasteiger partial charge in [0.2, 0.25) is 5.91 Å². The van der Waals surface area contributed by atoms with Crippen molar-refractivity contribution >= 4 is 23.5 Å². The maximum absolute atomic E-state index is 12.2. The molecule has 0 bridgehead atoms. The second-order valence-corrected chi connectivity index (χ2v) is 2.65. The van der Waals surface area contributed by atoms with E-state index < -0.39 is 29.7 Å². The molecule has 0 aliphatic heterocycles. The summed E-state index contributed by atoms with van der Waals surface area (Å²) >= 11 is 4.91. The Balaban J connectivity index is 5.04. The van der Waals surface area contributed by atoms with Gasteiger partial charge < -0.3 is 15.2 Å². The zero-order valence-corrected chi connectivity index (χ0v) is 8.15. The third-order valence-electron chi connectivity index (χ3n) is 1.33. The summed E-state index contributed by atoms with van der Waals surface area (Å²) in [6.45, 7) is 0. The van der Waals surface area contributed by atoms with Crippen LogP contribution in [0.25, 0.3) is 0 Å². The van der Waals surface area contributed by atoms with Gasteiger partial charge in [-0.05, 0) is 0 Å². The van der Waals surface area contributed by atoms with Crippen LogP contribution in [0.1, 0.15) is 0 Å². The fourth-order valence-corrected chi connectivity index (χ4v) is 0.687. The Morgan fingerprint density at radius 2 is 1.93 bits per heavy atom. The number of rotatable bonds is 3. The maximum Gasteiger partial charge on any atom is 0.448 e. The summed E-state index contributed by atoms with van der Waals surface area (Å²) in [4.78, 5) is 21.3. The zero-order chi connectivity index (χ0) is 12.3. The van der Waals surface area contributed by atoms with Crippen molar-refractivity contribution in [2.24, 2.45) is 0 Å². The number of alkyl halides is 4. The number of amides is 1. The highest BCUT2D eigenvalue weighted by atomic mass is 35.5. The lowest BCUT2D eigenvalue weighted by atomic mass is 10.2. The molecule has 0 rings (SSSR count). The zero-order valence-electron chi connectivity index (χ0n) is 7.39. The minimum atomic E-state index is -5.40. The van der Waals surface area contributed by atoms with Crippen LogP contribution in [-0.2, 0) is 14.3 Å². The van der Waals surface area contributed by atoms with Gasteiger partial charge >= 0.3 is 17.9 Å². The molecule has 0 heterocycles. The Bertz CT molecular complexity index is 270. The predicted octanol–water partition coefficient (Wildman–Crippen LogP) is -0.235. The molecule has 1 atom stereocenters. The van der Waals surface area contributed by atoms with Crippen molar-refractivity contribution in [1.82, 2.24) is 5.32 Å². The molecule has 0 unspecified atom stereocenters. The molecule has 0 spiro atoms. The van der Waals surface area contributed by atoms with Crippen molar-refractivity contribution in [2.45, 2.75) is 11.9 Å². The molecule has 0 saturated heterocycles. The molecule has 0 aliphatic carbocycles. The number of hydrogen-bond donors (Lipinski definition) is 2. The predicted molar refractivity (Wildman–Crippen MR) is 41.9 cm³/mol. The molecule has 0 aromatic rings. The normalized spacial score (nSPS) is 15.3. The Hall–Kier alpha value is -1.02. The van der Waals surface area contributed by atoms with Gasteiger partial charge in [0.15, 0.2) is 0 Å². The summed E-state index contributed by atoms with van der Waals surface area (Å²) in [5.41, 5.74) is -4.08. The SMILES string of the molecule is COC(=O)[C@](O)(NC(=O)CCl)C(F)(F)F. The number of ether oxygens (including phenoxy) is 1. The monoisotopic (exact) mass is 249 g/mol. The Morgan fingerprint density at radius 3 is 2.20 bits per heavy atom. The highest BCUT2D eigenvalue weighted by molar-refractivity contribution is 6.27. The number of hydrogen-bond acceptors (Lipinski definition) is 4. The van der Waals surface area contributed by atoms with Gasteiger partial charge in [-0.15, -0.1) is 11.6 Å². The largest absolute Gasteiger partial charge is 0.465 e. The lowest BCUT2D eigenvalue weighted by Gasteiger charge is -2.27. The molecule has 88 valence electrons. The lowest BCUT2D eigenvalue weighted by Crippen LogP contribution is -2.64. The lowest BCUT2D eigenvalue weighted by molar-refractivity contribution is -0.270. The van der Waals surface area contributed by atoms with Crippen molar-refractivity contribution in [3.8, 4) is 0 Å². The van der Waals surface area contributed by atoms with Crippen molar-refractivity contribution in [3.63, 3.8) is 0 Å². The smallest absolute Gasteiger partial charge is 0.448 e. The molecule has 0 aromatic carbocycles. The Morgan fingerprint density at radius 1 is 1.47 bits per heavy atom. The van der Waals surface area contributed by atoms with Gasteiger partial charge in [-0.25, -0.2) is 4.79 Å². The first kappa shape index (κ1) is 14.0. The van der Waals surface area contributed by atoms with Crippen LogP contribution in [0.15, 0.2) is 0 Å². The summed E-state index contributed by atoms with van der Waals surface area (Å²) in [6.07, 6.45) is -5.40. The maximum atomic E-state index is 12.2. The van der Waals surface area contributed by atoms with Gasteiger partial charge in [0.25, 0.3) is 0 Å². The third kappa shape index (κ3) is 2.96. The van der Waals surface area contributed by atoms with Crippen molar-refractivity contribution in [1.29, 1.82) is 0 Å². The second kappa shape index (κ2) is 4.67. The van der Waals surface area contributed by atoms with Crippen LogP contribution >= 0.6 is 11.6 Å². The number of methoxy groups -OCH3 is 1. The number of halogens is 4. The van der Waals surface area contributed by atoms with Gasteiger partial charge in [0.1, 0.15) is 5.88 Å². The number of carbonyl (C=O) groups excluding carboxylic acids is 2. The van der Waals surface area contributed by atoms with Gasteiger partial charge in [-0.3, -0.25) is 4.79 Å². The fourth-order valence-electron chi connectivity index (χ4n) is 0.621. The molecule has 0 radical (unpaired) electrons. The van der Waals surface area contributed by atoms with E-state index in [0.717, 1.165) is 5.32 Å². The molecular formula is C6H7ClF3NO4. The molecule has 0 aliphatic rings. The van der Waals surface area contributed by atoms with Gasteiger partial charge in [0.05, 0.1) is 7.11 Å². The van der Waals surface area contributed by atoms with Crippen molar-refractivity contribution in [2.75, 3.05) is 13.0 Å². The second-order valence-electron chi connectivity index (χ2n) is 2.38. The highest BCUT2D eigenvalue weighted by Gasteiger charge is 2.62. The van der Waals surface area contributed by atoms with E-state index in [1.807, 2.05) is 0 Å². The first-order valence-electron chi connectivity index (χ1n) is 3.43. The topological polar surface area (TPSA) is 75.6 Å². The highest BCUT2D eigenvalue weighted by Crippen LogP contribution is 2.29. The molecule has 0 aromatic heterocycles. The van der Waals surface area contributed by atoms with E-state index in [0.29, 0.717) is 7.11 Å². The van der Waals surface area contributed by atoms with Crippen LogP contribution in [0.4, 0.5) is 13.2 Å². The minimum absolute atomic E-state index is 0.631. The molecule has 0 fully saturated rings. The molecule has 15 heavy (non-hydrogen) atoms. The van der Waals surface area contributed by atoms with E-state index in [1.165, 1.54) is 0 Å². The van der Waals surface area contributed by atoms with Crippen LogP contribution in [0.3, 0.4) is 0 Å². The number of esters is 1.